The second kappa shape index (κ2) is 5.30. The van der Waals surface area contributed by atoms with E-state index in [1.807, 2.05) is 0 Å². The van der Waals surface area contributed by atoms with E-state index >= 15 is 0 Å². The molecule has 1 heterocycles. The third-order valence-electron chi connectivity index (χ3n) is 2.47. The number of carbonyl (C=O) groups is 3. The summed E-state index contributed by atoms with van der Waals surface area (Å²) in [5, 5.41) is 14.8. The molecule has 1 aliphatic rings. The molecule has 2 amide bonds. The molecule has 1 aromatic rings. The Hall–Kier alpha value is -2.70. The third-order valence-corrected chi connectivity index (χ3v) is 2.47. The van der Waals surface area contributed by atoms with Gasteiger partial charge in [-0.05, 0) is 17.7 Å². The molecule has 1 aliphatic heterocycles. The van der Waals surface area contributed by atoms with Gasteiger partial charge >= 0.3 is 5.97 Å². The van der Waals surface area contributed by atoms with Gasteiger partial charge in [0.15, 0.2) is 0 Å². The highest BCUT2D eigenvalue weighted by Crippen LogP contribution is 2.11. The average Bonchev–Trinajstić information content (AvgIpc) is 2.78. The predicted molar refractivity (Wildman–Crippen MR) is 66.6 cm³/mol. The van der Waals surface area contributed by atoms with Gasteiger partial charge in [0.2, 0.25) is 5.91 Å². The van der Waals surface area contributed by atoms with Crippen molar-refractivity contribution in [2.45, 2.75) is 12.8 Å². The Kier molecular flexibility index (Phi) is 3.56. The largest absolute Gasteiger partial charge is 0.481 e. The number of rotatable bonds is 4. The van der Waals surface area contributed by atoms with Crippen LogP contribution >= 0.6 is 0 Å². The zero-order valence-electron chi connectivity index (χ0n) is 9.84. The van der Waals surface area contributed by atoms with Gasteiger partial charge in [-0.2, -0.15) is 5.10 Å². The Morgan fingerprint density at radius 1 is 1.32 bits per heavy atom. The van der Waals surface area contributed by atoms with Crippen molar-refractivity contribution in [3.8, 4) is 0 Å². The number of nitrogens with one attached hydrogen (secondary N) is 2. The van der Waals surface area contributed by atoms with E-state index in [1.165, 1.54) is 0 Å². The van der Waals surface area contributed by atoms with Crippen LogP contribution in [0.5, 0.6) is 0 Å². The van der Waals surface area contributed by atoms with Crippen LogP contribution < -0.4 is 10.7 Å². The van der Waals surface area contributed by atoms with Crippen LogP contribution in [0.2, 0.25) is 0 Å². The van der Waals surface area contributed by atoms with Crippen molar-refractivity contribution in [2.75, 3.05) is 5.32 Å². The Labute approximate surface area is 108 Å². The Morgan fingerprint density at radius 3 is 2.53 bits per heavy atom. The number of amides is 2. The number of carboxylic acids is 1. The van der Waals surface area contributed by atoms with Gasteiger partial charge in [0.1, 0.15) is 5.71 Å². The lowest BCUT2D eigenvalue weighted by molar-refractivity contribution is -0.136. The molecule has 98 valence electrons. The second-order valence-corrected chi connectivity index (χ2v) is 3.99. The van der Waals surface area contributed by atoms with Crippen LogP contribution in [0.1, 0.15) is 12.0 Å². The number of aliphatic carboxylic acids is 1. The van der Waals surface area contributed by atoms with Crippen molar-refractivity contribution in [1.82, 2.24) is 5.43 Å². The lowest BCUT2D eigenvalue weighted by Gasteiger charge is -2.04. The minimum absolute atomic E-state index is 0.0388. The first kappa shape index (κ1) is 12.7. The topological polar surface area (TPSA) is 108 Å². The molecule has 3 N–H and O–H groups in total. The summed E-state index contributed by atoms with van der Waals surface area (Å²) in [6.07, 6.45) is -0.109. The number of benzene rings is 1. The van der Waals surface area contributed by atoms with Crippen LogP contribution in [0.4, 0.5) is 5.69 Å². The highest BCUT2D eigenvalue weighted by molar-refractivity contribution is 6.46. The maximum absolute atomic E-state index is 11.7. The number of anilines is 1. The smallest absolute Gasteiger partial charge is 0.307 e. The fourth-order valence-corrected chi connectivity index (χ4v) is 1.58. The van der Waals surface area contributed by atoms with Crippen molar-refractivity contribution in [3.05, 3.63) is 29.8 Å². The molecule has 0 unspecified atom stereocenters. The first-order chi connectivity index (χ1) is 9.04. The van der Waals surface area contributed by atoms with E-state index in [4.69, 9.17) is 5.11 Å². The first-order valence-electron chi connectivity index (χ1n) is 5.52. The Balaban J connectivity index is 1.98. The number of hydrogen-bond donors (Lipinski definition) is 3. The quantitative estimate of drug-likeness (QED) is 0.715. The summed E-state index contributed by atoms with van der Waals surface area (Å²) in [6.45, 7) is 0. The lowest BCUT2D eigenvalue weighted by atomic mass is 10.1. The molecule has 2 rings (SSSR count). The van der Waals surface area contributed by atoms with E-state index in [2.05, 4.69) is 15.8 Å². The first-order valence-corrected chi connectivity index (χ1v) is 5.52. The van der Waals surface area contributed by atoms with Crippen molar-refractivity contribution >= 4 is 29.2 Å². The summed E-state index contributed by atoms with van der Waals surface area (Å²) in [5.74, 6) is -1.69. The van der Waals surface area contributed by atoms with Gasteiger partial charge in [-0.1, -0.05) is 12.1 Å². The number of hydrazone groups is 1. The average molecular weight is 261 g/mol. The molecule has 0 fully saturated rings. The van der Waals surface area contributed by atoms with Crippen molar-refractivity contribution in [3.63, 3.8) is 0 Å². The zero-order chi connectivity index (χ0) is 13.8. The van der Waals surface area contributed by atoms with Crippen LogP contribution in [0.15, 0.2) is 29.4 Å². The van der Waals surface area contributed by atoms with E-state index < -0.39 is 11.9 Å². The van der Waals surface area contributed by atoms with E-state index in [0.717, 1.165) is 0 Å². The molecule has 0 radical (unpaired) electrons. The van der Waals surface area contributed by atoms with Gasteiger partial charge in [0.25, 0.3) is 5.91 Å². The molecule has 7 nitrogen and oxygen atoms in total. The molecule has 0 bridgehead atoms. The Bertz CT molecular complexity index is 563. The molecule has 0 aromatic heterocycles. The summed E-state index contributed by atoms with van der Waals surface area (Å²) in [5.41, 5.74) is 3.47. The van der Waals surface area contributed by atoms with Crippen molar-refractivity contribution in [2.24, 2.45) is 5.10 Å². The van der Waals surface area contributed by atoms with Gasteiger partial charge < -0.3 is 10.4 Å². The molecule has 0 saturated carbocycles. The van der Waals surface area contributed by atoms with Crippen LogP contribution in [0.3, 0.4) is 0 Å². The highest BCUT2D eigenvalue weighted by Gasteiger charge is 2.21. The van der Waals surface area contributed by atoms with Gasteiger partial charge in [0.05, 0.1) is 12.8 Å². The predicted octanol–water partition coefficient (Wildman–Crippen LogP) is 0.128. The lowest BCUT2D eigenvalue weighted by Crippen LogP contribution is -2.22. The zero-order valence-corrected chi connectivity index (χ0v) is 9.84. The molecule has 7 heteroatoms. The van der Waals surface area contributed by atoms with E-state index in [9.17, 15) is 14.4 Å². The SMILES string of the molecule is O=C(O)Cc1ccc(NC(=O)C2=NNC(=O)C2)cc1. The van der Waals surface area contributed by atoms with Crippen molar-refractivity contribution in [1.29, 1.82) is 0 Å². The van der Waals surface area contributed by atoms with Crippen LogP contribution in [-0.4, -0.2) is 28.6 Å². The van der Waals surface area contributed by atoms with E-state index in [-0.39, 0.29) is 24.5 Å². The second-order valence-electron chi connectivity index (χ2n) is 3.99. The molecule has 1 aromatic carbocycles. The number of nitrogens with zero attached hydrogens (tertiary/aromatic N) is 1. The fourth-order valence-electron chi connectivity index (χ4n) is 1.58. The van der Waals surface area contributed by atoms with Gasteiger partial charge in [-0.25, -0.2) is 5.43 Å². The highest BCUT2D eigenvalue weighted by atomic mass is 16.4. The number of carbonyl (C=O) groups excluding carboxylic acids is 2. The third kappa shape index (κ3) is 3.38. The van der Waals surface area contributed by atoms with Gasteiger partial charge in [-0.15, -0.1) is 0 Å². The molecular formula is C12H11N3O4. The molecule has 0 aliphatic carbocycles. The molecule has 0 saturated heterocycles. The maximum Gasteiger partial charge on any atom is 0.307 e. The molecule has 0 spiro atoms. The minimum Gasteiger partial charge on any atom is -0.481 e. The summed E-state index contributed by atoms with van der Waals surface area (Å²) < 4.78 is 0. The maximum atomic E-state index is 11.7. The normalized spacial score (nSPS) is 13.7. The molecule has 0 atom stereocenters. The summed E-state index contributed by atoms with van der Waals surface area (Å²) >= 11 is 0. The van der Waals surface area contributed by atoms with E-state index in [1.54, 1.807) is 24.3 Å². The Morgan fingerprint density at radius 2 is 2.00 bits per heavy atom. The van der Waals surface area contributed by atoms with E-state index in [0.29, 0.717) is 11.3 Å². The standard InChI is InChI=1S/C12H11N3O4/c16-10-6-9(14-15-10)12(19)13-8-3-1-7(2-4-8)5-11(17)18/h1-4H,5-6H2,(H,13,19)(H,15,16)(H,17,18). The van der Waals surface area contributed by atoms with Crippen LogP contribution in [-0.2, 0) is 20.8 Å². The van der Waals surface area contributed by atoms with Crippen LogP contribution in [0, 0.1) is 0 Å². The number of carboxylic acid groups (broad SMARTS) is 1. The molecular weight excluding hydrogens is 250 g/mol. The van der Waals surface area contributed by atoms with Crippen LogP contribution in [0.25, 0.3) is 0 Å². The van der Waals surface area contributed by atoms with Crippen molar-refractivity contribution < 1.29 is 19.5 Å². The summed E-state index contributed by atoms with van der Waals surface area (Å²) in [6, 6.07) is 6.43. The van der Waals surface area contributed by atoms with Gasteiger partial charge in [0, 0.05) is 5.69 Å². The fraction of sp³-hybridized carbons (Fsp3) is 0.167. The monoisotopic (exact) mass is 261 g/mol. The minimum atomic E-state index is -0.915. The summed E-state index contributed by atoms with van der Waals surface area (Å²) in [7, 11) is 0. The molecule has 19 heavy (non-hydrogen) atoms. The number of hydrogen-bond acceptors (Lipinski definition) is 4. The van der Waals surface area contributed by atoms with Gasteiger partial charge in [-0.3, -0.25) is 14.4 Å². The summed E-state index contributed by atoms with van der Waals surface area (Å²) in [4.78, 5) is 33.1.